The van der Waals surface area contributed by atoms with E-state index in [1.807, 2.05) is 25.1 Å². The predicted molar refractivity (Wildman–Crippen MR) is 94.8 cm³/mol. The molecule has 1 aliphatic rings. The number of hydrogen-bond acceptors (Lipinski definition) is 4. The monoisotopic (exact) mass is 340 g/mol. The highest BCUT2D eigenvalue weighted by Gasteiger charge is 2.22. The van der Waals surface area contributed by atoms with Crippen LogP contribution in [0.2, 0.25) is 0 Å². The van der Waals surface area contributed by atoms with Crippen LogP contribution >= 0.6 is 0 Å². The van der Waals surface area contributed by atoms with E-state index in [4.69, 9.17) is 9.47 Å². The van der Waals surface area contributed by atoms with Crippen LogP contribution in [0.3, 0.4) is 0 Å². The Hall–Kier alpha value is -2.70. The lowest BCUT2D eigenvalue weighted by atomic mass is 10.1. The van der Waals surface area contributed by atoms with E-state index in [-0.39, 0.29) is 18.4 Å². The Kier molecular flexibility index (Phi) is 5.42. The number of nitrogens with one attached hydrogen (secondary N) is 2. The topological polar surface area (TPSA) is 76.7 Å². The summed E-state index contributed by atoms with van der Waals surface area (Å²) in [7, 11) is 0. The average molecular weight is 340 g/mol. The van der Waals surface area contributed by atoms with E-state index in [1.54, 1.807) is 30.3 Å². The molecule has 0 radical (unpaired) electrons. The summed E-state index contributed by atoms with van der Waals surface area (Å²) < 4.78 is 10.6. The minimum atomic E-state index is -0.612. The van der Waals surface area contributed by atoms with Crippen LogP contribution in [0, 0.1) is 6.92 Å². The largest absolute Gasteiger partial charge is 0.376 e. The molecule has 2 aromatic rings. The van der Waals surface area contributed by atoms with Crippen LogP contribution in [0.4, 0.5) is 11.4 Å². The molecule has 0 saturated carbocycles. The third kappa shape index (κ3) is 4.65. The van der Waals surface area contributed by atoms with Crippen molar-refractivity contribution in [2.75, 3.05) is 30.5 Å². The van der Waals surface area contributed by atoms with Gasteiger partial charge in [0, 0.05) is 16.9 Å². The Morgan fingerprint density at radius 2 is 1.76 bits per heavy atom. The van der Waals surface area contributed by atoms with E-state index in [1.165, 1.54) is 0 Å². The number of ether oxygens (including phenoxy) is 2. The van der Waals surface area contributed by atoms with Crippen molar-refractivity contribution in [1.82, 2.24) is 0 Å². The van der Waals surface area contributed by atoms with Crippen LogP contribution in [-0.4, -0.2) is 37.7 Å². The van der Waals surface area contributed by atoms with E-state index >= 15 is 0 Å². The molecule has 25 heavy (non-hydrogen) atoms. The Bertz CT molecular complexity index is 770. The van der Waals surface area contributed by atoms with Gasteiger partial charge in [0.2, 0.25) is 0 Å². The van der Waals surface area contributed by atoms with Crippen molar-refractivity contribution in [3.63, 3.8) is 0 Å². The maximum atomic E-state index is 12.3. The first-order chi connectivity index (χ1) is 12.1. The molecule has 1 fully saturated rings. The Morgan fingerprint density at radius 3 is 2.48 bits per heavy atom. The van der Waals surface area contributed by atoms with Crippen LogP contribution in [0.25, 0.3) is 0 Å². The van der Waals surface area contributed by atoms with Gasteiger partial charge in [0.25, 0.3) is 11.8 Å². The SMILES string of the molecule is Cc1cccc(C(=O)Nc2cccc(NC(=O)C3COCCO3)c2)c1. The molecule has 1 heterocycles. The van der Waals surface area contributed by atoms with Crippen LogP contribution in [0.15, 0.2) is 48.5 Å². The summed E-state index contributed by atoms with van der Waals surface area (Å²) in [5.74, 6) is -0.460. The first-order valence-electron chi connectivity index (χ1n) is 8.10. The molecule has 2 N–H and O–H groups in total. The van der Waals surface area contributed by atoms with Gasteiger partial charge in [0.15, 0.2) is 6.10 Å². The summed E-state index contributed by atoms with van der Waals surface area (Å²) in [4.78, 5) is 24.5. The molecule has 1 unspecified atom stereocenters. The van der Waals surface area contributed by atoms with Crippen molar-refractivity contribution < 1.29 is 19.1 Å². The molecule has 0 aliphatic carbocycles. The molecule has 1 atom stereocenters. The molecule has 1 aliphatic heterocycles. The highest BCUT2D eigenvalue weighted by atomic mass is 16.6. The van der Waals surface area contributed by atoms with Gasteiger partial charge in [0.05, 0.1) is 19.8 Å². The van der Waals surface area contributed by atoms with E-state index in [9.17, 15) is 9.59 Å². The molecular weight excluding hydrogens is 320 g/mol. The fraction of sp³-hybridized carbons (Fsp3) is 0.263. The van der Waals surface area contributed by atoms with E-state index in [0.717, 1.165) is 5.56 Å². The molecular formula is C19H20N2O4. The van der Waals surface area contributed by atoms with Crippen molar-refractivity contribution in [2.45, 2.75) is 13.0 Å². The second-order valence-corrected chi connectivity index (χ2v) is 5.83. The zero-order chi connectivity index (χ0) is 17.6. The number of anilines is 2. The average Bonchev–Trinajstić information content (AvgIpc) is 2.63. The fourth-order valence-electron chi connectivity index (χ4n) is 2.53. The van der Waals surface area contributed by atoms with Crippen molar-refractivity contribution in [2.24, 2.45) is 0 Å². The number of carbonyl (C=O) groups is 2. The lowest BCUT2D eigenvalue weighted by Gasteiger charge is -2.22. The molecule has 2 aromatic carbocycles. The summed E-state index contributed by atoms with van der Waals surface area (Å²) >= 11 is 0. The highest BCUT2D eigenvalue weighted by Crippen LogP contribution is 2.17. The van der Waals surface area contributed by atoms with E-state index in [2.05, 4.69) is 10.6 Å². The third-order valence-corrected chi connectivity index (χ3v) is 3.78. The molecule has 0 spiro atoms. The zero-order valence-corrected chi connectivity index (χ0v) is 14.0. The number of rotatable bonds is 4. The summed E-state index contributed by atoms with van der Waals surface area (Å²) in [6, 6.07) is 14.3. The molecule has 6 heteroatoms. The Morgan fingerprint density at radius 1 is 1.00 bits per heavy atom. The number of carbonyl (C=O) groups excluding carboxylic acids is 2. The van der Waals surface area contributed by atoms with Crippen molar-refractivity contribution in [3.05, 3.63) is 59.7 Å². The van der Waals surface area contributed by atoms with Crippen molar-refractivity contribution >= 4 is 23.2 Å². The molecule has 130 valence electrons. The number of aryl methyl sites for hydroxylation is 1. The van der Waals surface area contributed by atoms with Crippen molar-refractivity contribution in [3.8, 4) is 0 Å². The maximum Gasteiger partial charge on any atom is 0.255 e. The van der Waals surface area contributed by atoms with Gasteiger partial charge >= 0.3 is 0 Å². The van der Waals surface area contributed by atoms with Crippen LogP contribution < -0.4 is 10.6 Å². The van der Waals surface area contributed by atoms with E-state index < -0.39 is 6.10 Å². The Balaban J connectivity index is 1.64. The predicted octanol–water partition coefficient (Wildman–Crippen LogP) is 2.60. The summed E-state index contributed by atoms with van der Waals surface area (Å²) in [5.41, 5.74) is 2.79. The molecule has 0 aromatic heterocycles. The summed E-state index contributed by atoms with van der Waals surface area (Å²) in [5, 5.41) is 5.61. The Labute approximate surface area is 146 Å². The van der Waals surface area contributed by atoms with Crippen LogP contribution in [0.5, 0.6) is 0 Å². The standard InChI is InChI=1S/C19H20N2O4/c1-13-4-2-5-14(10-13)18(22)20-15-6-3-7-16(11-15)21-19(23)17-12-24-8-9-25-17/h2-7,10-11,17H,8-9,12H2,1H3,(H,20,22)(H,21,23). The van der Waals surface area contributed by atoms with Gasteiger partial charge in [-0.2, -0.15) is 0 Å². The van der Waals surface area contributed by atoms with Gasteiger partial charge < -0.3 is 20.1 Å². The van der Waals surface area contributed by atoms with Crippen LogP contribution in [-0.2, 0) is 14.3 Å². The number of benzene rings is 2. The van der Waals surface area contributed by atoms with Gasteiger partial charge in [-0.15, -0.1) is 0 Å². The first-order valence-corrected chi connectivity index (χ1v) is 8.10. The van der Waals surface area contributed by atoms with Crippen molar-refractivity contribution in [1.29, 1.82) is 0 Å². The second kappa shape index (κ2) is 7.92. The van der Waals surface area contributed by atoms with Crippen LogP contribution in [0.1, 0.15) is 15.9 Å². The maximum absolute atomic E-state index is 12.3. The lowest BCUT2D eigenvalue weighted by Crippen LogP contribution is -2.39. The third-order valence-electron chi connectivity index (χ3n) is 3.78. The molecule has 1 saturated heterocycles. The van der Waals surface area contributed by atoms with Gasteiger partial charge in [-0.1, -0.05) is 23.8 Å². The zero-order valence-electron chi connectivity index (χ0n) is 14.0. The highest BCUT2D eigenvalue weighted by molar-refractivity contribution is 6.04. The normalized spacial score (nSPS) is 16.9. The first kappa shape index (κ1) is 17.1. The fourth-order valence-corrected chi connectivity index (χ4v) is 2.53. The number of amides is 2. The number of hydrogen-bond donors (Lipinski definition) is 2. The molecule has 2 amide bonds. The minimum Gasteiger partial charge on any atom is -0.376 e. The second-order valence-electron chi connectivity index (χ2n) is 5.83. The summed E-state index contributed by atoms with van der Waals surface area (Å²) in [6.07, 6.45) is -0.612. The van der Waals surface area contributed by atoms with Gasteiger partial charge in [0.1, 0.15) is 0 Å². The lowest BCUT2D eigenvalue weighted by molar-refractivity contribution is -0.142. The smallest absolute Gasteiger partial charge is 0.255 e. The van der Waals surface area contributed by atoms with E-state index in [0.29, 0.717) is 30.2 Å². The summed E-state index contributed by atoms with van der Waals surface area (Å²) in [6.45, 7) is 3.09. The quantitative estimate of drug-likeness (QED) is 0.897. The van der Waals surface area contributed by atoms with Gasteiger partial charge in [-0.3, -0.25) is 9.59 Å². The molecule has 6 nitrogen and oxygen atoms in total. The molecule has 0 bridgehead atoms. The molecule has 3 rings (SSSR count). The van der Waals surface area contributed by atoms with Gasteiger partial charge in [-0.05, 0) is 37.3 Å². The minimum absolute atomic E-state index is 0.198. The van der Waals surface area contributed by atoms with Gasteiger partial charge in [-0.25, -0.2) is 0 Å².